The van der Waals surface area contributed by atoms with E-state index in [1.54, 1.807) is 0 Å². The van der Waals surface area contributed by atoms with Crippen molar-refractivity contribution in [1.29, 1.82) is 0 Å². The molecule has 120 valence electrons. The van der Waals surface area contributed by atoms with E-state index in [4.69, 9.17) is 0 Å². The minimum Gasteiger partial charge on any atom is -0.352 e. The van der Waals surface area contributed by atoms with Gasteiger partial charge in [-0.15, -0.1) is 0 Å². The van der Waals surface area contributed by atoms with Crippen LogP contribution >= 0.6 is 0 Å². The summed E-state index contributed by atoms with van der Waals surface area (Å²) in [5.74, 6) is 0.935. The molecule has 1 N–H and O–H groups in total. The second-order valence-corrected chi connectivity index (χ2v) is 7.00. The van der Waals surface area contributed by atoms with E-state index in [-0.39, 0.29) is 5.91 Å². The van der Waals surface area contributed by atoms with E-state index in [0.29, 0.717) is 18.6 Å². The Labute approximate surface area is 134 Å². The van der Waals surface area contributed by atoms with Crippen LogP contribution in [0.15, 0.2) is 30.3 Å². The molecule has 3 nitrogen and oxygen atoms in total. The molecule has 3 rings (SSSR count). The van der Waals surface area contributed by atoms with Crippen molar-refractivity contribution in [3.8, 4) is 0 Å². The molecule has 1 saturated carbocycles. The molecule has 1 aromatic carbocycles. The van der Waals surface area contributed by atoms with Crippen LogP contribution in [0, 0.1) is 5.92 Å². The summed E-state index contributed by atoms with van der Waals surface area (Å²) in [6.45, 7) is 3.77. The lowest BCUT2D eigenvalue weighted by Gasteiger charge is -2.35. The molecule has 1 saturated heterocycles. The number of benzene rings is 1. The quantitative estimate of drug-likeness (QED) is 0.876. The first kappa shape index (κ1) is 15.5. The Balaban J connectivity index is 1.53. The summed E-state index contributed by atoms with van der Waals surface area (Å²) >= 11 is 0. The molecular formula is C19H28N2O. The van der Waals surface area contributed by atoms with Gasteiger partial charge in [-0.25, -0.2) is 0 Å². The van der Waals surface area contributed by atoms with E-state index < -0.39 is 0 Å². The van der Waals surface area contributed by atoms with E-state index in [0.717, 1.165) is 18.9 Å². The van der Waals surface area contributed by atoms with Crippen LogP contribution in [-0.4, -0.2) is 36.0 Å². The van der Waals surface area contributed by atoms with Gasteiger partial charge in [-0.3, -0.25) is 9.69 Å². The predicted octanol–water partition coefficient (Wildman–Crippen LogP) is 3.00. The number of nitrogens with zero attached hydrogens (tertiary/aromatic N) is 1. The fourth-order valence-corrected chi connectivity index (χ4v) is 3.58. The maximum absolute atomic E-state index is 12.3. The lowest BCUT2D eigenvalue weighted by molar-refractivity contribution is -0.123. The zero-order chi connectivity index (χ0) is 15.4. The summed E-state index contributed by atoms with van der Waals surface area (Å²) in [4.78, 5) is 14.7. The monoisotopic (exact) mass is 300 g/mol. The largest absolute Gasteiger partial charge is 0.352 e. The number of hydrogen-bond acceptors (Lipinski definition) is 2. The van der Waals surface area contributed by atoms with Crippen molar-refractivity contribution in [2.24, 2.45) is 5.92 Å². The van der Waals surface area contributed by atoms with Gasteiger partial charge in [-0.2, -0.15) is 0 Å². The highest BCUT2D eigenvalue weighted by atomic mass is 16.2. The fourth-order valence-electron chi connectivity index (χ4n) is 3.58. The van der Waals surface area contributed by atoms with Crippen LogP contribution in [0.3, 0.4) is 0 Å². The van der Waals surface area contributed by atoms with Gasteiger partial charge in [0.25, 0.3) is 0 Å². The van der Waals surface area contributed by atoms with E-state index in [1.165, 1.54) is 37.7 Å². The number of carbonyl (C=O) groups excluding carboxylic acids is 1. The van der Waals surface area contributed by atoms with Crippen molar-refractivity contribution < 1.29 is 4.79 Å². The van der Waals surface area contributed by atoms with Gasteiger partial charge in [0, 0.05) is 12.1 Å². The van der Waals surface area contributed by atoms with Gasteiger partial charge in [0.15, 0.2) is 0 Å². The van der Waals surface area contributed by atoms with Gasteiger partial charge in [0.2, 0.25) is 5.91 Å². The highest BCUT2D eigenvalue weighted by Gasteiger charge is 2.30. The fraction of sp³-hybridized carbons (Fsp3) is 0.632. The molecule has 22 heavy (non-hydrogen) atoms. The maximum Gasteiger partial charge on any atom is 0.234 e. The summed E-state index contributed by atoms with van der Waals surface area (Å²) in [5, 5.41) is 3.19. The number of rotatable bonds is 6. The molecule has 3 heteroatoms. The van der Waals surface area contributed by atoms with Crippen molar-refractivity contribution in [1.82, 2.24) is 10.2 Å². The second-order valence-electron chi connectivity index (χ2n) is 7.00. The summed E-state index contributed by atoms with van der Waals surface area (Å²) in [6, 6.07) is 11.5. The molecule has 1 amide bonds. The van der Waals surface area contributed by atoms with E-state index in [1.807, 2.05) is 0 Å². The first-order valence-corrected chi connectivity index (χ1v) is 8.79. The van der Waals surface area contributed by atoms with Gasteiger partial charge in [-0.05, 0) is 57.1 Å². The van der Waals surface area contributed by atoms with E-state index >= 15 is 0 Å². The van der Waals surface area contributed by atoms with Crippen molar-refractivity contribution in [2.45, 2.75) is 57.5 Å². The number of carbonyl (C=O) groups is 1. The van der Waals surface area contributed by atoms with Crippen LogP contribution in [0.4, 0.5) is 0 Å². The number of hydrogen-bond donors (Lipinski definition) is 1. The predicted molar refractivity (Wildman–Crippen MR) is 89.7 cm³/mol. The summed E-state index contributed by atoms with van der Waals surface area (Å²) in [7, 11) is 0. The smallest absolute Gasteiger partial charge is 0.234 e. The summed E-state index contributed by atoms with van der Waals surface area (Å²) in [5.41, 5.74) is 1.38. The topological polar surface area (TPSA) is 32.3 Å². The standard InChI is InChI=1S/C19H28N2O/c1-15(17-10-11-17)20-19(22)14-21-12-6-5-9-18(21)13-16-7-3-2-4-8-16/h2-4,7-8,15,17-18H,5-6,9-14H2,1H3,(H,20,22). The van der Waals surface area contributed by atoms with Crippen LogP contribution in [0.1, 0.15) is 44.6 Å². The van der Waals surface area contributed by atoms with Crippen molar-refractivity contribution in [3.05, 3.63) is 35.9 Å². The first-order valence-electron chi connectivity index (χ1n) is 8.79. The number of amides is 1. The van der Waals surface area contributed by atoms with E-state index in [2.05, 4.69) is 47.5 Å². The normalized spacial score (nSPS) is 24.0. The molecule has 2 atom stereocenters. The van der Waals surface area contributed by atoms with Gasteiger partial charge in [-0.1, -0.05) is 36.8 Å². The molecule has 2 fully saturated rings. The Morgan fingerprint density at radius 1 is 1.23 bits per heavy atom. The number of piperidine rings is 1. The van der Waals surface area contributed by atoms with Gasteiger partial charge >= 0.3 is 0 Å². The minimum atomic E-state index is 0.208. The molecule has 1 aliphatic carbocycles. The molecule has 1 aliphatic heterocycles. The lowest BCUT2D eigenvalue weighted by atomic mass is 9.95. The third-order valence-electron chi connectivity index (χ3n) is 5.13. The molecule has 0 bridgehead atoms. The zero-order valence-corrected chi connectivity index (χ0v) is 13.6. The molecule has 1 aromatic rings. The Kier molecular flexibility index (Phi) is 5.14. The Hall–Kier alpha value is -1.35. The molecule has 2 unspecified atom stereocenters. The van der Waals surface area contributed by atoms with Crippen LogP contribution in [-0.2, 0) is 11.2 Å². The molecular weight excluding hydrogens is 272 g/mol. The lowest BCUT2D eigenvalue weighted by Crippen LogP contribution is -2.48. The highest BCUT2D eigenvalue weighted by molar-refractivity contribution is 5.78. The third-order valence-corrected chi connectivity index (χ3v) is 5.13. The maximum atomic E-state index is 12.3. The summed E-state index contributed by atoms with van der Waals surface area (Å²) < 4.78 is 0. The molecule has 0 spiro atoms. The average Bonchev–Trinajstić information content (AvgIpc) is 3.35. The highest BCUT2D eigenvalue weighted by Crippen LogP contribution is 2.32. The number of likely N-dealkylation sites (tertiary alicyclic amines) is 1. The summed E-state index contributed by atoms with van der Waals surface area (Å²) in [6.07, 6.45) is 7.33. The van der Waals surface area contributed by atoms with Crippen LogP contribution in [0.25, 0.3) is 0 Å². The van der Waals surface area contributed by atoms with Crippen molar-refractivity contribution in [2.75, 3.05) is 13.1 Å². The van der Waals surface area contributed by atoms with Crippen molar-refractivity contribution >= 4 is 5.91 Å². The average molecular weight is 300 g/mol. The molecule has 2 aliphatic rings. The Morgan fingerprint density at radius 3 is 2.73 bits per heavy atom. The Morgan fingerprint density at radius 2 is 2.00 bits per heavy atom. The SMILES string of the molecule is CC(NC(=O)CN1CCCCC1Cc1ccccc1)C1CC1. The molecule has 1 heterocycles. The molecule has 0 radical (unpaired) electrons. The van der Waals surface area contributed by atoms with Crippen LogP contribution in [0.5, 0.6) is 0 Å². The zero-order valence-electron chi connectivity index (χ0n) is 13.6. The van der Waals surface area contributed by atoms with Gasteiger partial charge in [0.05, 0.1) is 6.54 Å². The van der Waals surface area contributed by atoms with Gasteiger partial charge in [0.1, 0.15) is 0 Å². The molecule has 0 aromatic heterocycles. The number of nitrogens with one attached hydrogen (secondary N) is 1. The first-order chi connectivity index (χ1) is 10.7. The van der Waals surface area contributed by atoms with Crippen molar-refractivity contribution in [3.63, 3.8) is 0 Å². The van der Waals surface area contributed by atoms with Crippen LogP contribution < -0.4 is 5.32 Å². The minimum absolute atomic E-state index is 0.208. The van der Waals surface area contributed by atoms with E-state index in [9.17, 15) is 4.79 Å². The third kappa shape index (κ3) is 4.33. The Bertz CT molecular complexity index is 483. The van der Waals surface area contributed by atoms with Gasteiger partial charge < -0.3 is 5.32 Å². The second kappa shape index (κ2) is 7.28. The van der Waals surface area contributed by atoms with Crippen LogP contribution in [0.2, 0.25) is 0 Å².